The number of sulfonamides is 1. The number of nitrogens with one attached hydrogen (secondary N) is 2. The molecule has 194 valence electrons. The van der Waals surface area contributed by atoms with Crippen molar-refractivity contribution in [2.75, 3.05) is 20.3 Å². The normalized spacial score (nSPS) is 15.8. The third kappa shape index (κ3) is 6.85. The Hall–Kier alpha value is -3.93. The van der Waals surface area contributed by atoms with Crippen LogP contribution < -0.4 is 20.5 Å². The Bertz CT molecular complexity index is 1390. The van der Waals surface area contributed by atoms with Crippen LogP contribution in [-0.4, -0.2) is 46.6 Å². The van der Waals surface area contributed by atoms with Gasteiger partial charge in [-0.1, -0.05) is 0 Å². The molecule has 2 heterocycles. The lowest BCUT2D eigenvalue weighted by molar-refractivity contribution is -0.118. The Morgan fingerprint density at radius 3 is 2.43 bits per heavy atom. The van der Waals surface area contributed by atoms with E-state index in [1.54, 1.807) is 48.5 Å². The molecule has 11 heteroatoms. The molecule has 1 aromatic heterocycles. The van der Waals surface area contributed by atoms with E-state index in [2.05, 4.69) is 10.6 Å². The van der Waals surface area contributed by atoms with E-state index < -0.39 is 21.8 Å². The summed E-state index contributed by atoms with van der Waals surface area (Å²) in [7, 11) is -2.28. The second-order valence-corrected chi connectivity index (χ2v) is 9.92. The first-order valence-electron chi connectivity index (χ1n) is 11.5. The largest absolute Gasteiger partial charge is 0.497 e. The monoisotopic (exact) mass is 525 g/mol. The van der Waals surface area contributed by atoms with E-state index in [9.17, 15) is 18.0 Å². The number of benzene rings is 2. The van der Waals surface area contributed by atoms with Crippen LogP contribution in [0.15, 0.2) is 75.7 Å². The fourth-order valence-electron chi connectivity index (χ4n) is 3.74. The molecule has 0 bridgehead atoms. The molecule has 1 aliphatic heterocycles. The number of methoxy groups -OCH3 is 1. The SMILES string of the molecule is COc1ccc(C(=O)N/C(=C/c2ccc(-c3ccc(S(N)(=O)=O)cc3)o2)C(=O)NC[C@H]2CCCO2)cc1. The maximum Gasteiger partial charge on any atom is 0.268 e. The van der Waals surface area contributed by atoms with Gasteiger partial charge in [-0.05, 0) is 73.5 Å². The number of carbonyl (C=O) groups is 2. The van der Waals surface area contributed by atoms with Gasteiger partial charge in [0.15, 0.2) is 0 Å². The maximum atomic E-state index is 13.0. The average molecular weight is 526 g/mol. The molecule has 0 radical (unpaired) electrons. The number of ether oxygens (including phenoxy) is 2. The van der Waals surface area contributed by atoms with Crippen LogP contribution in [-0.2, 0) is 19.6 Å². The highest BCUT2D eigenvalue weighted by Crippen LogP contribution is 2.24. The van der Waals surface area contributed by atoms with Crippen molar-refractivity contribution in [3.05, 3.63) is 77.7 Å². The number of carbonyl (C=O) groups excluding carboxylic acids is 2. The molecule has 2 aromatic carbocycles. The zero-order chi connectivity index (χ0) is 26.4. The van der Waals surface area contributed by atoms with Crippen molar-refractivity contribution in [3.63, 3.8) is 0 Å². The molecule has 0 saturated carbocycles. The summed E-state index contributed by atoms with van der Waals surface area (Å²) >= 11 is 0. The van der Waals surface area contributed by atoms with Gasteiger partial charge in [-0.25, -0.2) is 13.6 Å². The average Bonchev–Trinajstić information content (AvgIpc) is 3.59. The highest BCUT2D eigenvalue weighted by molar-refractivity contribution is 7.89. The van der Waals surface area contributed by atoms with Gasteiger partial charge in [0.05, 0.1) is 18.1 Å². The van der Waals surface area contributed by atoms with Gasteiger partial charge < -0.3 is 24.5 Å². The second-order valence-electron chi connectivity index (χ2n) is 8.36. The first kappa shape index (κ1) is 26.1. The maximum absolute atomic E-state index is 13.0. The molecule has 37 heavy (non-hydrogen) atoms. The summed E-state index contributed by atoms with van der Waals surface area (Å²) in [5.74, 6) is 0.372. The number of amides is 2. The third-order valence-electron chi connectivity index (χ3n) is 5.74. The summed E-state index contributed by atoms with van der Waals surface area (Å²) in [5.41, 5.74) is 0.941. The Morgan fingerprint density at radius 2 is 1.81 bits per heavy atom. The van der Waals surface area contributed by atoms with Gasteiger partial charge in [0.25, 0.3) is 11.8 Å². The van der Waals surface area contributed by atoms with E-state index >= 15 is 0 Å². The zero-order valence-corrected chi connectivity index (χ0v) is 20.9. The summed E-state index contributed by atoms with van der Waals surface area (Å²) < 4.78 is 39.5. The molecule has 2 amide bonds. The molecule has 0 spiro atoms. The number of hydrogen-bond donors (Lipinski definition) is 3. The number of furan rings is 1. The molecular formula is C26H27N3O7S. The lowest BCUT2D eigenvalue weighted by Crippen LogP contribution is -2.38. The number of hydrogen-bond acceptors (Lipinski definition) is 7. The summed E-state index contributed by atoms with van der Waals surface area (Å²) in [5, 5.41) is 10.6. The number of primary sulfonamides is 1. The minimum atomic E-state index is -3.81. The minimum absolute atomic E-state index is 0.00992. The lowest BCUT2D eigenvalue weighted by Gasteiger charge is -2.13. The van der Waals surface area contributed by atoms with Gasteiger partial charge in [-0.2, -0.15) is 0 Å². The summed E-state index contributed by atoms with van der Waals surface area (Å²) in [6.07, 6.45) is 3.14. The van der Waals surface area contributed by atoms with E-state index in [1.165, 1.54) is 25.3 Å². The topological polar surface area (TPSA) is 150 Å². The van der Waals surface area contributed by atoms with Crippen molar-refractivity contribution in [1.29, 1.82) is 0 Å². The molecule has 4 N–H and O–H groups in total. The van der Waals surface area contributed by atoms with Crippen LogP contribution in [0.1, 0.15) is 29.0 Å². The van der Waals surface area contributed by atoms with E-state index in [0.717, 1.165) is 12.8 Å². The molecule has 3 aromatic rings. The van der Waals surface area contributed by atoms with Gasteiger partial charge in [0.2, 0.25) is 10.0 Å². The van der Waals surface area contributed by atoms with Crippen molar-refractivity contribution >= 4 is 27.9 Å². The first-order valence-corrected chi connectivity index (χ1v) is 13.1. The van der Waals surface area contributed by atoms with Crippen molar-refractivity contribution in [2.45, 2.75) is 23.8 Å². The third-order valence-corrected chi connectivity index (χ3v) is 6.67. The molecule has 4 rings (SSSR count). The van der Waals surface area contributed by atoms with Crippen LogP contribution in [0.4, 0.5) is 0 Å². The molecule has 1 aliphatic rings. The Labute approximate surface area is 214 Å². The van der Waals surface area contributed by atoms with Gasteiger partial charge in [-0.3, -0.25) is 9.59 Å². The summed E-state index contributed by atoms with van der Waals surface area (Å²) in [6.45, 7) is 0.971. The van der Waals surface area contributed by atoms with Gasteiger partial charge in [-0.15, -0.1) is 0 Å². The van der Waals surface area contributed by atoms with E-state index in [-0.39, 0.29) is 16.7 Å². The molecule has 1 saturated heterocycles. The number of rotatable bonds is 9. The fourth-order valence-corrected chi connectivity index (χ4v) is 4.25. The predicted molar refractivity (Wildman–Crippen MR) is 136 cm³/mol. The minimum Gasteiger partial charge on any atom is -0.497 e. The Morgan fingerprint density at radius 1 is 1.08 bits per heavy atom. The van der Waals surface area contributed by atoms with Crippen LogP contribution in [0.25, 0.3) is 17.4 Å². The van der Waals surface area contributed by atoms with Gasteiger partial charge >= 0.3 is 0 Å². The fraction of sp³-hybridized carbons (Fsp3) is 0.231. The van der Waals surface area contributed by atoms with Crippen LogP contribution in [0.3, 0.4) is 0 Å². The second kappa shape index (κ2) is 11.4. The lowest BCUT2D eigenvalue weighted by atomic mass is 10.2. The standard InChI is InChI=1S/C26H27N3O7S/c1-34-19-8-4-18(5-9-19)25(30)29-23(26(31)28-16-21-3-2-14-35-21)15-20-10-13-24(36-20)17-6-11-22(12-7-17)37(27,32)33/h4-13,15,21H,2-3,14,16H2,1H3,(H,28,31)(H,29,30)(H2,27,32,33)/b23-15+/t21-/m1/s1. The van der Waals surface area contributed by atoms with E-state index in [4.69, 9.17) is 19.0 Å². The molecule has 1 atom stereocenters. The smallest absolute Gasteiger partial charge is 0.268 e. The quantitative estimate of drug-likeness (QED) is 0.364. The van der Waals surface area contributed by atoms with Crippen LogP contribution >= 0.6 is 0 Å². The molecule has 1 fully saturated rings. The van der Waals surface area contributed by atoms with Crippen LogP contribution in [0.5, 0.6) is 5.75 Å². The zero-order valence-electron chi connectivity index (χ0n) is 20.1. The van der Waals surface area contributed by atoms with E-state index in [1.807, 2.05) is 0 Å². The van der Waals surface area contributed by atoms with Gasteiger partial charge in [0, 0.05) is 30.4 Å². The van der Waals surface area contributed by atoms with E-state index in [0.29, 0.717) is 41.5 Å². The molecular weight excluding hydrogens is 498 g/mol. The highest BCUT2D eigenvalue weighted by Gasteiger charge is 2.20. The van der Waals surface area contributed by atoms with Crippen molar-refractivity contribution < 1.29 is 31.9 Å². The predicted octanol–water partition coefficient (Wildman–Crippen LogP) is 2.67. The van der Waals surface area contributed by atoms with Crippen LogP contribution in [0, 0.1) is 0 Å². The van der Waals surface area contributed by atoms with Crippen molar-refractivity contribution in [3.8, 4) is 17.1 Å². The van der Waals surface area contributed by atoms with Crippen molar-refractivity contribution in [1.82, 2.24) is 10.6 Å². The summed E-state index contributed by atoms with van der Waals surface area (Å²) in [4.78, 5) is 25.8. The van der Waals surface area contributed by atoms with Gasteiger partial charge in [0.1, 0.15) is 23.0 Å². The van der Waals surface area contributed by atoms with Crippen molar-refractivity contribution in [2.24, 2.45) is 5.14 Å². The first-order chi connectivity index (χ1) is 17.7. The molecule has 10 nitrogen and oxygen atoms in total. The van der Waals surface area contributed by atoms with Crippen LogP contribution in [0.2, 0.25) is 0 Å². The Balaban J connectivity index is 1.55. The molecule has 0 aliphatic carbocycles. The number of nitrogens with two attached hydrogens (primary N) is 1. The molecule has 0 unspecified atom stereocenters. The highest BCUT2D eigenvalue weighted by atomic mass is 32.2. The Kier molecular flexibility index (Phi) is 8.07. The summed E-state index contributed by atoms with van der Waals surface area (Å²) in [6, 6.07) is 15.7.